The highest BCUT2D eigenvalue weighted by molar-refractivity contribution is 5.95. The standard InChI is InChI=1S/C21H26N2O/c1-16-9-7-8-12-20(16)21(24)22-13-17(2)23(18(3)14-22)15-19-10-5-4-6-11-19/h4-12,17-18H,13-15H2,1-3H3. The molecule has 1 fully saturated rings. The molecule has 2 aromatic carbocycles. The van der Waals surface area contributed by atoms with Gasteiger partial charge in [0.15, 0.2) is 0 Å². The number of benzene rings is 2. The van der Waals surface area contributed by atoms with Gasteiger partial charge in [0.05, 0.1) is 0 Å². The van der Waals surface area contributed by atoms with E-state index in [2.05, 4.69) is 49.1 Å². The Morgan fingerprint density at radius 1 is 0.958 bits per heavy atom. The highest BCUT2D eigenvalue weighted by atomic mass is 16.2. The monoisotopic (exact) mass is 322 g/mol. The molecule has 1 amide bonds. The van der Waals surface area contributed by atoms with Crippen LogP contribution in [-0.2, 0) is 6.54 Å². The summed E-state index contributed by atoms with van der Waals surface area (Å²) < 4.78 is 0. The average Bonchev–Trinajstić information content (AvgIpc) is 2.59. The summed E-state index contributed by atoms with van der Waals surface area (Å²) in [6.07, 6.45) is 0. The van der Waals surface area contributed by atoms with Crippen molar-refractivity contribution in [2.45, 2.75) is 39.4 Å². The van der Waals surface area contributed by atoms with Crippen molar-refractivity contribution in [2.24, 2.45) is 0 Å². The first-order chi connectivity index (χ1) is 11.6. The van der Waals surface area contributed by atoms with Crippen molar-refractivity contribution in [2.75, 3.05) is 13.1 Å². The summed E-state index contributed by atoms with van der Waals surface area (Å²) in [5.74, 6) is 0.158. The third-order valence-electron chi connectivity index (χ3n) is 4.97. The first-order valence-electron chi connectivity index (χ1n) is 8.71. The molecule has 0 saturated carbocycles. The number of hydrogen-bond acceptors (Lipinski definition) is 2. The van der Waals surface area contributed by atoms with Gasteiger partial charge in [0, 0.05) is 37.3 Å². The molecule has 3 nitrogen and oxygen atoms in total. The molecule has 0 spiro atoms. The zero-order valence-corrected chi connectivity index (χ0v) is 14.8. The van der Waals surface area contributed by atoms with Gasteiger partial charge in [-0.1, -0.05) is 48.5 Å². The van der Waals surface area contributed by atoms with Crippen LogP contribution in [-0.4, -0.2) is 40.9 Å². The largest absolute Gasteiger partial charge is 0.336 e. The molecule has 2 unspecified atom stereocenters. The Labute approximate surface area is 144 Å². The fraction of sp³-hybridized carbons (Fsp3) is 0.381. The normalized spacial score (nSPS) is 21.7. The van der Waals surface area contributed by atoms with E-state index in [4.69, 9.17) is 0 Å². The summed E-state index contributed by atoms with van der Waals surface area (Å²) in [7, 11) is 0. The van der Waals surface area contributed by atoms with Gasteiger partial charge < -0.3 is 4.90 Å². The molecular formula is C21H26N2O. The molecule has 1 saturated heterocycles. The maximum absolute atomic E-state index is 12.9. The number of hydrogen-bond donors (Lipinski definition) is 0. The lowest BCUT2D eigenvalue weighted by Gasteiger charge is -2.44. The minimum atomic E-state index is 0.158. The summed E-state index contributed by atoms with van der Waals surface area (Å²) >= 11 is 0. The molecule has 1 heterocycles. The summed E-state index contributed by atoms with van der Waals surface area (Å²) in [4.78, 5) is 17.4. The number of piperazine rings is 1. The molecule has 126 valence electrons. The summed E-state index contributed by atoms with van der Waals surface area (Å²) in [5, 5.41) is 0. The van der Waals surface area contributed by atoms with Crippen LogP contribution in [0, 0.1) is 6.92 Å². The van der Waals surface area contributed by atoms with Gasteiger partial charge in [0.2, 0.25) is 0 Å². The van der Waals surface area contributed by atoms with Crippen molar-refractivity contribution in [3.8, 4) is 0 Å². The Hall–Kier alpha value is -2.13. The molecule has 2 aromatic rings. The van der Waals surface area contributed by atoms with E-state index in [0.29, 0.717) is 12.1 Å². The van der Waals surface area contributed by atoms with Crippen molar-refractivity contribution in [1.82, 2.24) is 9.80 Å². The molecular weight excluding hydrogens is 296 g/mol. The number of amides is 1. The highest BCUT2D eigenvalue weighted by Gasteiger charge is 2.32. The fourth-order valence-electron chi connectivity index (χ4n) is 3.61. The number of carbonyl (C=O) groups excluding carboxylic acids is 1. The van der Waals surface area contributed by atoms with E-state index in [-0.39, 0.29) is 5.91 Å². The van der Waals surface area contributed by atoms with Crippen molar-refractivity contribution in [3.05, 3.63) is 71.3 Å². The van der Waals surface area contributed by atoms with Crippen LogP contribution in [0.15, 0.2) is 54.6 Å². The van der Waals surface area contributed by atoms with Crippen molar-refractivity contribution >= 4 is 5.91 Å². The molecule has 24 heavy (non-hydrogen) atoms. The van der Waals surface area contributed by atoms with Crippen LogP contribution in [0.3, 0.4) is 0 Å². The minimum absolute atomic E-state index is 0.158. The molecule has 0 aromatic heterocycles. The molecule has 3 rings (SSSR count). The van der Waals surface area contributed by atoms with Crippen LogP contribution in [0.2, 0.25) is 0 Å². The van der Waals surface area contributed by atoms with Crippen LogP contribution < -0.4 is 0 Å². The van der Waals surface area contributed by atoms with Gasteiger partial charge >= 0.3 is 0 Å². The third kappa shape index (κ3) is 3.51. The van der Waals surface area contributed by atoms with Gasteiger partial charge in [-0.3, -0.25) is 9.69 Å². The van der Waals surface area contributed by atoms with Crippen LogP contribution in [0.5, 0.6) is 0 Å². The van der Waals surface area contributed by atoms with Gasteiger partial charge in [-0.2, -0.15) is 0 Å². The van der Waals surface area contributed by atoms with E-state index < -0.39 is 0 Å². The molecule has 0 radical (unpaired) electrons. The Morgan fingerprint density at radius 2 is 1.54 bits per heavy atom. The first-order valence-corrected chi connectivity index (χ1v) is 8.71. The van der Waals surface area contributed by atoms with Crippen molar-refractivity contribution in [1.29, 1.82) is 0 Å². The van der Waals surface area contributed by atoms with Gasteiger partial charge in [-0.25, -0.2) is 0 Å². The summed E-state index contributed by atoms with van der Waals surface area (Å²) in [6, 6.07) is 19.1. The minimum Gasteiger partial charge on any atom is -0.336 e. The van der Waals surface area contributed by atoms with Gasteiger partial charge in [-0.05, 0) is 38.0 Å². The zero-order chi connectivity index (χ0) is 17.1. The second-order valence-electron chi connectivity index (χ2n) is 6.88. The summed E-state index contributed by atoms with van der Waals surface area (Å²) in [6.45, 7) is 8.95. The molecule has 2 atom stereocenters. The second kappa shape index (κ2) is 7.18. The van der Waals surface area contributed by atoms with Crippen LogP contribution in [0.25, 0.3) is 0 Å². The Kier molecular flexibility index (Phi) is 5.00. The lowest BCUT2D eigenvalue weighted by molar-refractivity contribution is 0.0269. The third-order valence-corrected chi connectivity index (χ3v) is 4.97. The molecule has 0 N–H and O–H groups in total. The highest BCUT2D eigenvalue weighted by Crippen LogP contribution is 2.21. The zero-order valence-electron chi connectivity index (χ0n) is 14.8. The lowest BCUT2D eigenvalue weighted by atomic mass is 10.0. The predicted octanol–water partition coefficient (Wildman–Crippen LogP) is 3.73. The number of rotatable bonds is 3. The maximum atomic E-state index is 12.9. The number of carbonyl (C=O) groups is 1. The van der Waals surface area contributed by atoms with E-state index in [1.54, 1.807) is 0 Å². The first kappa shape index (κ1) is 16.7. The van der Waals surface area contributed by atoms with E-state index in [1.807, 2.05) is 36.1 Å². The topological polar surface area (TPSA) is 23.6 Å². The number of nitrogens with zero attached hydrogens (tertiary/aromatic N) is 2. The Morgan fingerprint density at radius 3 is 2.17 bits per heavy atom. The van der Waals surface area contributed by atoms with Crippen molar-refractivity contribution in [3.63, 3.8) is 0 Å². The smallest absolute Gasteiger partial charge is 0.254 e. The SMILES string of the molecule is Cc1ccccc1C(=O)N1CC(C)N(Cc2ccccc2)C(C)C1. The Balaban J connectivity index is 1.71. The van der Waals surface area contributed by atoms with E-state index in [9.17, 15) is 4.79 Å². The molecule has 1 aliphatic rings. The summed E-state index contributed by atoms with van der Waals surface area (Å²) in [5.41, 5.74) is 3.21. The van der Waals surface area contributed by atoms with Gasteiger partial charge in [-0.15, -0.1) is 0 Å². The van der Waals surface area contributed by atoms with E-state index in [0.717, 1.165) is 30.8 Å². The second-order valence-corrected chi connectivity index (χ2v) is 6.88. The number of aryl methyl sites for hydroxylation is 1. The van der Waals surface area contributed by atoms with E-state index in [1.165, 1.54) is 5.56 Å². The fourth-order valence-corrected chi connectivity index (χ4v) is 3.61. The van der Waals surface area contributed by atoms with Crippen molar-refractivity contribution < 1.29 is 4.79 Å². The molecule has 1 aliphatic heterocycles. The predicted molar refractivity (Wildman–Crippen MR) is 98.0 cm³/mol. The molecule has 3 heteroatoms. The maximum Gasteiger partial charge on any atom is 0.254 e. The lowest BCUT2D eigenvalue weighted by Crippen LogP contribution is -2.57. The Bertz CT molecular complexity index is 686. The van der Waals surface area contributed by atoms with Gasteiger partial charge in [0.1, 0.15) is 0 Å². The van der Waals surface area contributed by atoms with E-state index >= 15 is 0 Å². The van der Waals surface area contributed by atoms with Gasteiger partial charge in [0.25, 0.3) is 5.91 Å². The molecule has 0 aliphatic carbocycles. The van der Waals surface area contributed by atoms with Crippen LogP contribution >= 0.6 is 0 Å². The van der Waals surface area contributed by atoms with Crippen LogP contribution in [0.4, 0.5) is 0 Å². The van der Waals surface area contributed by atoms with Crippen LogP contribution in [0.1, 0.15) is 35.3 Å². The average molecular weight is 322 g/mol. The quantitative estimate of drug-likeness (QED) is 0.859. The molecule has 0 bridgehead atoms.